The highest BCUT2D eigenvalue weighted by Crippen LogP contribution is 2.08. The molecule has 1 N–H and O–H groups in total. The van der Waals surface area contributed by atoms with Gasteiger partial charge in [0.05, 0.1) is 6.61 Å². The summed E-state index contributed by atoms with van der Waals surface area (Å²) >= 11 is 0. The van der Waals surface area contributed by atoms with E-state index in [1.165, 1.54) is 24.3 Å². The molecule has 0 saturated heterocycles. The van der Waals surface area contributed by atoms with Crippen LogP contribution < -0.4 is 5.32 Å². The molecule has 0 heterocycles. The number of rotatable bonds is 6. The largest absolute Gasteiger partial charge is 0.465 e. The lowest BCUT2D eigenvalue weighted by Gasteiger charge is -2.05. The molecule has 1 rings (SSSR count). The number of esters is 1. The molecular formula is C12H14FNO4S. The van der Waals surface area contributed by atoms with Gasteiger partial charge in [0.25, 0.3) is 0 Å². The van der Waals surface area contributed by atoms with Gasteiger partial charge in [-0.2, -0.15) is 0 Å². The monoisotopic (exact) mass is 287 g/mol. The summed E-state index contributed by atoms with van der Waals surface area (Å²) in [5.74, 6) is -2.14. The van der Waals surface area contributed by atoms with Crippen molar-refractivity contribution in [3.63, 3.8) is 0 Å². The van der Waals surface area contributed by atoms with Crippen LogP contribution in [0.4, 0.5) is 10.1 Å². The number of hydrogen-bond acceptors (Lipinski definition) is 4. The quantitative estimate of drug-likeness (QED) is 0.795. The number of benzene rings is 1. The van der Waals surface area contributed by atoms with E-state index in [-0.39, 0.29) is 18.1 Å². The van der Waals surface area contributed by atoms with Crippen molar-refractivity contribution < 1.29 is 22.9 Å². The van der Waals surface area contributed by atoms with Crippen molar-refractivity contribution >= 4 is 28.4 Å². The fourth-order valence-corrected chi connectivity index (χ4v) is 2.07. The SMILES string of the molecule is CCOC(=O)CS(=O)CC(=O)Nc1ccc(F)cc1. The highest BCUT2D eigenvalue weighted by atomic mass is 32.2. The van der Waals surface area contributed by atoms with Gasteiger partial charge in [-0.3, -0.25) is 13.8 Å². The lowest BCUT2D eigenvalue weighted by Crippen LogP contribution is -2.24. The molecule has 1 aromatic carbocycles. The van der Waals surface area contributed by atoms with Crippen LogP contribution in [0.25, 0.3) is 0 Å². The summed E-state index contributed by atoms with van der Waals surface area (Å²) in [5, 5.41) is 2.45. The molecular weight excluding hydrogens is 273 g/mol. The van der Waals surface area contributed by atoms with Gasteiger partial charge < -0.3 is 10.1 Å². The third kappa shape index (κ3) is 6.10. The zero-order valence-corrected chi connectivity index (χ0v) is 11.2. The number of hydrogen-bond donors (Lipinski definition) is 1. The molecule has 19 heavy (non-hydrogen) atoms. The Morgan fingerprint density at radius 2 is 1.89 bits per heavy atom. The average Bonchev–Trinajstić information content (AvgIpc) is 2.32. The Morgan fingerprint density at radius 3 is 2.47 bits per heavy atom. The van der Waals surface area contributed by atoms with E-state index in [4.69, 9.17) is 0 Å². The fraction of sp³-hybridized carbons (Fsp3) is 0.333. The second-order valence-corrected chi connectivity index (χ2v) is 5.05. The third-order valence-corrected chi connectivity index (χ3v) is 3.15. The molecule has 1 unspecified atom stereocenters. The van der Waals surface area contributed by atoms with Crippen LogP contribution in [0.15, 0.2) is 24.3 Å². The van der Waals surface area contributed by atoms with Crippen molar-refractivity contribution in [2.24, 2.45) is 0 Å². The van der Waals surface area contributed by atoms with Crippen LogP contribution in [0.5, 0.6) is 0 Å². The normalized spacial score (nSPS) is 11.7. The predicted molar refractivity (Wildman–Crippen MR) is 69.5 cm³/mol. The summed E-state index contributed by atoms with van der Waals surface area (Å²) in [4.78, 5) is 22.5. The number of amides is 1. The summed E-state index contributed by atoms with van der Waals surface area (Å²) in [6.45, 7) is 1.85. The van der Waals surface area contributed by atoms with Crippen molar-refractivity contribution in [1.82, 2.24) is 0 Å². The molecule has 0 aliphatic carbocycles. The van der Waals surface area contributed by atoms with Crippen LogP contribution >= 0.6 is 0 Å². The Bertz CT molecular complexity index is 475. The van der Waals surface area contributed by atoms with E-state index in [1.807, 2.05) is 0 Å². The summed E-state index contributed by atoms with van der Waals surface area (Å²) < 4.78 is 28.7. The second-order valence-electron chi connectivity index (χ2n) is 3.59. The first kappa shape index (κ1) is 15.3. The number of anilines is 1. The zero-order chi connectivity index (χ0) is 14.3. The van der Waals surface area contributed by atoms with Crippen molar-refractivity contribution in [3.8, 4) is 0 Å². The van der Waals surface area contributed by atoms with E-state index >= 15 is 0 Å². The second kappa shape index (κ2) is 7.63. The van der Waals surface area contributed by atoms with Crippen molar-refractivity contribution in [1.29, 1.82) is 0 Å². The smallest absolute Gasteiger partial charge is 0.318 e. The van der Waals surface area contributed by atoms with Crippen molar-refractivity contribution in [3.05, 3.63) is 30.1 Å². The number of nitrogens with one attached hydrogen (secondary N) is 1. The maximum absolute atomic E-state index is 12.6. The van der Waals surface area contributed by atoms with Gasteiger partial charge in [-0.05, 0) is 31.2 Å². The lowest BCUT2D eigenvalue weighted by atomic mass is 10.3. The summed E-state index contributed by atoms with van der Waals surface area (Å²) in [7, 11) is -1.62. The molecule has 0 aliphatic rings. The third-order valence-electron chi connectivity index (χ3n) is 2.00. The van der Waals surface area contributed by atoms with Gasteiger partial charge >= 0.3 is 5.97 Å². The zero-order valence-electron chi connectivity index (χ0n) is 10.3. The molecule has 0 saturated carbocycles. The van der Waals surface area contributed by atoms with Gasteiger partial charge in [-0.25, -0.2) is 4.39 Å². The molecule has 0 bridgehead atoms. The molecule has 0 aromatic heterocycles. The minimum Gasteiger partial charge on any atom is -0.465 e. The number of halogens is 1. The van der Waals surface area contributed by atoms with E-state index in [9.17, 15) is 18.2 Å². The van der Waals surface area contributed by atoms with Gasteiger partial charge in [0.2, 0.25) is 5.91 Å². The van der Waals surface area contributed by atoms with E-state index in [0.717, 1.165) is 0 Å². The topological polar surface area (TPSA) is 72.5 Å². The maximum atomic E-state index is 12.6. The van der Waals surface area contributed by atoms with Gasteiger partial charge in [-0.1, -0.05) is 0 Å². The highest BCUT2D eigenvalue weighted by Gasteiger charge is 2.13. The lowest BCUT2D eigenvalue weighted by molar-refractivity contribution is -0.139. The van der Waals surface area contributed by atoms with Crippen LogP contribution in [0.3, 0.4) is 0 Å². The van der Waals surface area contributed by atoms with Crippen LogP contribution in [-0.2, 0) is 25.1 Å². The van der Waals surface area contributed by atoms with Gasteiger partial charge in [0, 0.05) is 16.5 Å². The molecule has 104 valence electrons. The molecule has 1 amide bonds. The molecule has 0 spiro atoms. The Morgan fingerprint density at radius 1 is 1.26 bits per heavy atom. The molecule has 0 radical (unpaired) electrons. The summed E-state index contributed by atoms with van der Waals surface area (Å²) in [6.07, 6.45) is 0. The maximum Gasteiger partial charge on any atom is 0.318 e. The van der Waals surface area contributed by atoms with E-state index in [0.29, 0.717) is 5.69 Å². The summed E-state index contributed by atoms with van der Waals surface area (Å²) in [6, 6.07) is 5.18. The van der Waals surface area contributed by atoms with Gasteiger partial charge in [0.1, 0.15) is 17.3 Å². The van der Waals surface area contributed by atoms with E-state index in [1.54, 1.807) is 6.92 Å². The Kier molecular flexibility index (Phi) is 6.14. The highest BCUT2D eigenvalue weighted by molar-refractivity contribution is 7.86. The van der Waals surface area contributed by atoms with Crippen molar-refractivity contribution in [2.45, 2.75) is 6.92 Å². The van der Waals surface area contributed by atoms with E-state index < -0.39 is 28.5 Å². The fourth-order valence-electron chi connectivity index (χ4n) is 1.26. The molecule has 1 atom stereocenters. The first-order valence-electron chi connectivity index (χ1n) is 5.57. The Balaban J connectivity index is 2.40. The molecule has 5 nitrogen and oxygen atoms in total. The minimum absolute atomic E-state index is 0.206. The van der Waals surface area contributed by atoms with Crippen LogP contribution in [-0.4, -0.2) is 34.2 Å². The van der Waals surface area contributed by atoms with Crippen LogP contribution in [0.2, 0.25) is 0 Å². The Labute approximate surface area is 112 Å². The first-order chi connectivity index (χ1) is 9.01. The first-order valence-corrected chi connectivity index (χ1v) is 7.06. The minimum atomic E-state index is -1.62. The van der Waals surface area contributed by atoms with Gasteiger partial charge in [-0.15, -0.1) is 0 Å². The van der Waals surface area contributed by atoms with Crippen LogP contribution in [0, 0.1) is 5.82 Å². The van der Waals surface area contributed by atoms with Crippen LogP contribution in [0.1, 0.15) is 6.92 Å². The summed E-state index contributed by atoms with van der Waals surface area (Å²) in [5.41, 5.74) is 0.402. The number of carbonyl (C=O) groups excluding carboxylic acids is 2. The molecule has 0 aliphatic heterocycles. The van der Waals surface area contributed by atoms with Crippen molar-refractivity contribution in [2.75, 3.05) is 23.4 Å². The standard InChI is InChI=1S/C12H14FNO4S/c1-2-18-12(16)8-19(17)7-11(15)14-10-5-3-9(13)4-6-10/h3-6H,2,7-8H2,1H3,(H,14,15). The number of ether oxygens (including phenoxy) is 1. The van der Waals surface area contributed by atoms with Gasteiger partial charge in [0.15, 0.2) is 0 Å². The Hall–Kier alpha value is -1.76. The molecule has 0 fully saturated rings. The van der Waals surface area contributed by atoms with E-state index in [2.05, 4.69) is 10.1 Å². The molecule has 7 heteroatoms. The average molecular weight is 287 g/mol. The molecule has 1 aromatic rings. The predicted octanol–water partition coefficient (Wildman–Crippen LogP) is 1.08. The number of carbonyl (C=O) groups is 2.